The predicted octanol–water partition coefficient (Wildman–Crippen LogP) is 3.02. The zero-order chi connectivity index (χ0) is 18.7. The lowest BCUT2D eigenvalue weighted by Gasteiger charge is -2.08. The van der Waals surface area contributed by atoms with Crippen molar-refractivity contribution in [2.45, 2.75) is 12.1 Å². The van der Waals surface area contributed by atoms with Crippen LogP contribution in [0.5, 0.6) is 0 Å². The zero-order valence-corrected chi connectivity index (χ0v) is 14.8. The third-order valence-electron chi connectivity index (χ3n) is 3.61. The smallest absolute Gasteiger partial charge is 0.271 e. The third-order valence-corrected chi connectivity index (χ3v) is 4.64. The van der Waals surface area contributed by atoms with Gasteiger partial charge < -0.3 is 14.3 Å². The van der Waals surface area contributed by atoms with E-state index in [1.807, 2.05) is 0 Å². The number of benzene rings is 1. The molecule has 0 aliphatic carbocycles. The Balaban J connectivity index is 1.65. The first-order chi connectivity index (χ1) is 12.5. The molecule has 1 aromatic carbocycles. The van der Waals surface area contributed by atoms with Gasteiger partial charge >= 0.3 is 0 Å². The number of rotatable bonds is 6. The summed E-state index contributed by atoms with van der Waals surface area (Å²) in [5.74, 6) is 0.948. The molecule has 0 bridgehead atoms. The number of anilines is 1. The number of furan rings is 1. The van der Waals surface area contributed by atoms with Gasteiger partial charge in [-0.15, -0.1) is 10.2 Å². The van der Waals surface area contributed by atoms with E-state index in [9.17, 15) is 14.9 Å². The molecule has 26 heavy (non-hydrogen) atoms. The summed E-state index contributed by atoms with van der Waals surface area (Å²) in [5.41, 5.74) is 1.08. The van der Waals surface area contributed by atoms with Crippen LogP contribution in [0.15, 0.2) is 46.2 Å². The minimum atomic E-state index is -0.500. The molecule has 0 radical (unpaired) electrons. The number of non-ortho nitro benzene ring substituents is 1. The lowest BCUT2D eigenvalue weighted by molar-refractivity contribution is -0.384. The van der Waals surface area contributed by atoms with Crippen molar-refractivity contribution in [3.05, 3.63) is 52.3 Å². The Morgan fingerprint density at radius 1 is 1.38 bits per heavy atom. The maximum absolute atomic E-state index is 12.2. The van der Waals surface area contributed by atoms with Gasteiger partial charge in [0.1, 0.15) is 0 Å². The number of carbonyl (C=O) groups is 1. The number of hydrogen-bond acceptors (Lipinski definition) is 7. The zero-order valence-electron chi connectivity index (χ0n) is 14.0. The van der Waals surface area contributed by atoms with Crippen LogP contribution in [0.3, 0.4) is 0 Å². The van der Waals surface area contributed by atoms with E-state index in [-0.39, 0.29) is 17.3 Å². The minimum absolute atomic E-state index is 0.0741. The molecular weight excluding hydrogens is 358 g/mol. The molecule has 9 nitrogen and oxygen atoms in total. The lowest BCUT2D eigenvalue weighted by Crippen LogP contribution is -2.15. The number of nitrogens with zero attached hydrogens (tertiary/aromatic N) is 4. The van der Waals surface area contributed by atoms with Gasteiger partial charge in [-0.3, -0.25) is 14.9 Å². The normalized spacial score (nSPS) is 10.7. The van der Waals surface area contributed by atoms with E-state index in [4.69, 9.17) is 4.42 Å². The highest BCUT2D eigenvalue weighted by Crippen LogP contribution is 2.24. The first kappa shape index (κ1) is 17.7. The molecule has 0 aliphatic heterocycles. The summed E-state index contributed by atoms with van der Waals surface area (Å²) in [4.78, 5) is 22.5. The van der Waals surface area contributed by atoms with Crippen molar-refractivity contribution < 1.29 is 14.1 Å². The second-order valence-corrected chi connectivity index (χ2v) is 6.38. The average Bonchev–Trinajstić information content (AvgIpc) is 3.24. The van der Waals surface area contributed by atoms with Crippen LogP contribution < -0.4 is 5.32 Å². The average molecular weight is 373 g/mol. The topological polar surface area (TPSA) is 116 Å². The van der Waals surface area contributed by atoms with E-state index in [0.717, 1.165) is 5.56 Å². The van der Waals surface area contributed by atoms with Gasteiger partial charge in [0.05, 0.1) is 22.6 Å². The summed E-state index contributed by atoms with van der Waals surface area (Å²) in [6.45, 7) is 1.77. The molecule has 0 unspecified atom stereocenters. The molecule has 134 valence electrons. The van der Waals surface area contributed by atoms with Crippen molar-refractivity contribution in [1.29, 1.82) is 0 Å². The van der Waals surface area contributed by atoms with Crippen LogP contribution in [0, 0.1) is 17.0 Å². The summed E-state index contributed by atoms with van der Waals surface area (Å²) < 4.78 is 7.03. The van der Waals surface area contributed by atoms with Crippen LogP contribution in [0.1, 0.15) is 5.56 Å². The molecule has 0 aliphatic rings. The molecule has 0 fully saturated rings. The molecule has 0 spiro atoms. The second kappa shape index (κ2) is 7.40. The van der Waals surface area contributed by atoms with Crippen molar-refractivity contribution in [1.82, 2.24) is 14.8 Å². The number of aromatic nitrogens is 3. The third kappa shape index (κ3) is 3.75. The second-order valence-electron chi connectivity index (χ2n) is 5.44. The number of amides is 1. The van der Waals surface area contributed by atoms with Gasteiger partial charge in [0.2, 0.25) is 5.91 Å². The van der Waals surface area contributed by atoms with E-state index >= 15 is 0 Å². The summed E-state index contributed by atoms with van der Waals surface area (Å²) >= 11 is 1.21. The van der Waals surface area contributed by atoms with Crippen molar-refractivity contribution >= 4 is 29.0 Å². The van der Waals surface area contributed by atoms with E-state index in [2.05, 4.69) is 15.5 Å². The molecule has 1 amide bonds. The number of carbonyl (C=O) groups excluding carboxylic acids is 1. The van der Waals surface area contributed by atoms with Gasteiger partial charge in [-0.25, -0.2) is 0 Å². The highest BCUT2D eigenvalue weighted by atomic mass is 32.2. The number of thioether (sulfide) groups is 1. The molecule has 0 saturated heterocycles. The fourth-order valence-corrected chi connectivity index (χ4v) is 2.95. The van der Waals surface area contributed by atoms with Crippen LogP contribution in [0.4, 0.5) is 11.4 Å². The highest BCUT2D eigenvalue weighted by Gasteiger charge is 2.15. The summed E-state index contributed by atoms with van der Waals surface area (Å²) in [6, 6.07) is 7.87. The van der Waals surface area contributed by atoms with E-state index in [1.165, 1.54) is 23.9 Å². The van der Waals surface area contributed by atoms with E-state index in [0.29, 0.717) is 22.4 Å². The standard InChI is InChI=1S/C16H15N5O4S/c1-10-5-6-11(21(23)24)8-12(10)17-14(22)9-26-16-19-18-15(20(16)2)13-4-3-7-25-13/h3-8H,9H2,1-2H3,(H,17,22). The van der Waals surface area contributed by atoms with Crippen LogP contribution in [0.25, 0.3) is 11.6 Å². The Labute approximate surface area is 152 Å². The molecule has 3 aromatic rings. The molecule has 10 heteroatoms. The molecule has 2 aromatic heterocycles. The van der Waals surface area contributed by atoms with E-state index < -0.39 is 4.92 Å². The fourth-order valence-electron chi connectivity index (χ4n) is 2.24. The summed E-state index contributed by atoms with van der Waals surface area (Å²) in [5, 5.41) is 22.2. The van der Waals surface area contributed by atoms with Crippen molar-refractivity contribution in [3.8, 4) is 11.6 Å². The van der Waals surface area contributed by atoms with Crippen LogP contribution in [-0.2, 0) is 11.8 Å². The highest BCUT2D eigenvalue weighted by molar-refractivity contribution is 7.99. The first-order valence-electron chi connectivity index (χ1n) is 7.56. The Hall–Kier alpha value is -3.14. The molecule has 3 rings (SSSR count). The largest absolute Gasteiger partial charge is 0.461 e. The maximum atomic E-state index is 12.2. The Morgan fingerprint density at radius 2 is 2.19 bits per heavy atom. The lowest BCUT2D eigenvalue weighted by atomic mass is 10.2. The Morgan fingerprint density at radius 3 is 2.88 bits per heavy atom. The van der Waals surface area contributed by atoms with Crippen molar-refractivity contribution in [2.75, 3.05) is 11.1 Å². The molecule has 1 N–H and O–H groups in total. The van der Waals surface area contributed by atoms with Gasteiger partial charge in [0, 0.05) is 19.2 Å². The Kier molecular flexibility index (Phi) is 5.03. The first-order valence-corrected chi connectivity index (χ1v) is 8.55. The number of hydrogen-bond donors (Lipinski definition) is 1. The summed E-state index contributed by atoms with van der Waals surface area (Å²) in [6.07, 6.45) is 1.55. The summed E-state index contributed by atoms with van der Waals surface area (Å²) in [7, 11) is 1.78. The van der Waals surface area contributed by atoms with Gasteiger partial charge in [0.25, 0.3) is 5.69 Å². The number of nitro groups is 1. The van der Waals surface area contributed by atoms with Gasteiger partial charge in [-0.2, -0.15) is 0 Å². The minimum Gasteiger partial charge on any atom is -0.461 e. The van der Waals surface area contributed by atoms with E-state index in [1.54, 1.807) is 43.0 Å². The molecule has 0 saturated carbocycles. The van der Waals surface area contributed by atoms with Gasteiger partial charge in [0.15, 0.2) is 16.7 Å². The quantitative estimate of drug-likeness (QED) is 0.401. The monoisotopic (exact) mass is 373 g/mol. The molecular formula is C16H15N5O4S. The number of aryl methyl sites for hydroxylation is 1. The van der Waals surface area contributed by atoms with Gasteiger partial charge in [-0.1, -0.05) is 17.8 Å². The van der Waals surface area contributed by atoms with Crippen LogP contribution in [-0.4, -0.2) is 31.3 Å². The molecule has 0 atom stereocenters. The van der Waals surface area contributed by atoms with Crippen molar-refractivity contribution in [2.24, 2.45) is 7.05 Å². The maximum Gasteiger partial charge on any atom is 0.271 e. The fraction of sp³-hybridized carbons (Fsp3) is 0.188. The van der Waals surface area contributed by atoms with Crippen LogP contribution >= 0.6 is 11.8 Å². The number of nitrogens with one attached hydrogen (secondary N) is 1. The predicted molar refractivity (Wildman–Crippen MR) is 95.9 cm³/mol. The number of nitro benzene ring substituents is 1. The van der Waals surface area contributed by atoms with Gasteiger partial charge in [-0.05, 0) is 24.6 Å². The Bertz CT molecular complexity index is 952. The molecule has 2 heterocycles. The SMILES string of the molecule is Cc1ccc([N+](=O)[O-])cc1NC(=O)CSc1nnc(-c2ccco2)n1C. The van der Waals surface area contributed by atoms with Crippen LogP contribution in [0.2, 0.25) is 0 Å². The van der Waals surface area contributed by atoms with Crippen molar-refractivity contribution in [3.63, 3.8) is 0 Å².